The van der Waals surface area contributed by atoms with E-state index in [1.54, 1.807) is 0 Å². The Morgan fingerprint density at radius 3 is 2.60 bits per heavy atom. The summed E-state index contributed by atoms with van der Waals surface area (Å²) >= 11 is 0. The van der Waals surface area contributed by atoms with Crippen LogP contribution in [0.15, 0.2) is 11.8 Å². The summed E-state index contributed by atoms with van der Waals surface area (Å²) < 4.78 is 5.29. The van der Waals surface area contributed by atoms with Crippen molar-refractivity contribution in [1.29, 1.82) is 0 Å². The molecule has 0 bridgehead atoms. The van der Waals surface area contributed by atoms with Gasteiger partial charge in [0.25, 0.3) is 0 Å². The predicted octanol–water partition coefficient (Wildman–Crippen LogP) is 3.96. The molecule has 0 unspecified atom stereocenters. The number of ether oxygens (including phenoxy) is 1. The van der Waals surface area contributed by atoms with Gasteiger partial charge in [0.05, 0.1) is 0 Å². The van der Waals surface area contributed by atoms with Crippen LogP contribution in [0.1, 0.15) is 64.7 Å². The topological polar surface area (TPSA) is 26.3 Å². The average Bonchev–Trinajstić information content (AvgIpc) is 2.27. The van der Waals surface area contributed by atoms with Gasteiger partial charge in [-0.2, -0.15) is 0 Å². The smallest absolute Gasteiger partial charge is 0.310 e. The summed E-state index contributed by atoms with van der Waals surface area (Å²) in [6.07, 6.45) is 12.2. The lowest BCUT2D eigenvalue weighted by molar-refractivity contribution is -0.139. The maximum absolute atomic E-state index is 11.2. The first-order valence-corrected chi connectivity index (χ1v) is 6.22. The zero-order valence-corrected chi connectivity index (χ0v) is 9.76. The van der Waals surface area contributed by atoms with Crippen LogP contribution in [0.2, 0.25) is 0 Å². The predicted molar refractivity (Wildman–Crippen MR) is 61.4 cm³/mol. The third-order valence-corrected chi connectivity index (χ3v) is 2.78. The van der Waals surface area contributed by atoms with Crippen LogP contribution >= 0.6 is 0 Å². The highest BCUT2D eigenvalue weighted by molar-refractivity contribution is 5.70. The molecule has 0 saturated carbocycles. The van der Waals surface area contributed by atoms with Gasteiger partial charge in [-0.05, 0) is 25.3 Å². The molecule has 0 fully saturated rings. The maximum Gasteiger partial charge on any atom is 0.310 e. The summed E-state index contributed by atoms with van der Waals surface area (Å²) in [5, 5.41) is 0. The molecule has 0 heterocycles. The molecule has 0 amide bonds. The van der Waals surface area contributed by atoms with Gasteiger partial charge in [-0.3, -0.25) is 4.79 Å². The van der Waals surface area contributed by atoms with E-state index in [4.69, 9.17) is 4.74 Å². The van der Waals surface area contributed by atoms with Crippen LogP contribution in [-0.2, 0) is 9.53 Å². The number of allylic oxidation sites excluding steroid dienone is 2. The Balaban J connectivity index is 2.41. The van der Waals surface area contributed by atoms with E-state index in [-0.39, 0.29) is 5.97 Å². The third-order valence-electron chi connectivity index (χ3n) is 2.78. The van der Waals surface area contributed by atoms with Crippen molar-refractivity contribution in [3.8, 4) is 0 Å². The van der Waals surface area contributed by atoms with E-state index in [0.29, 0.717) is 6.42 Å². The van der Waals surface area contributed by atoms with E-state index in [9.17, 15) is 4.79 Å². The molecule has 0 N–H and O–H groups in total. The quantitative estimate of drug-likeness (QED) is 0.645. The van der Waals surface area contributed by atoms with E-state index in [1.807, 2.05) is 6.92 Å². The van der Waals surface area contributed by atoms with Gasteiger partial charge >= 0.3 is 5.97 Å². The summed E-state index contributed by atoms with van der Waals surface area (Å²) in [6, 6.07) is 0. The van der Waals surface area contributed by atoms with Crippen molar-refractivity contribution in [1.82, 2.24) is 0 Å². The standard InChI is InChI=1S/C13H22O2/c1-2-13(14)15-12-10-8-6-4-3-5-7-9-11-12/h10H,2-9,11H2,1H3. The molecule has 2 heteroatoms. The molecule has 0 atom stereocenters. The number of esters is 1. The van der Waals surface area contributed by atoms with Crippen molar-refractivity contribution in [2.75, 3.05) is 0 Å². The van der Waals surface area contributed by atoms with E-state index in [2.05, 4.69) is 6.08 Å². The van der Waals surface area contributed by atoms with Crippen LogP contribution in [0.25, 0.3) is 0 Å². The molecule has 0 aromatic heterocycles. The lowest BCUT2D eigenvalue weighted by atomic mass is 10.0. The molecule has 1 aliphatic carbocycles. The highest BCUT2D eigenvalue weighted by atomic mass is 16.5. The van der Waals surface area contributed by atoms with Gasteiger partial charge in [0.15, 0.2) is 0 Å². The van der Waals surface area contributed by atoms with Gasteiger partial charge < -0.3 is 4.74 Å². The van der Waals surface area contributed by atoms with Gasteiger partial charge in [0.1, 0.15) is 5.76 Å². The Bertz CT molecular complexity index is 219. The van der Waals surface area contributed by atoms with Crippen LogP contribution in [0.4, 0.5) is 0 Å². The molecular weight excluding hydrogens is 188 g/mol. The molecule has 0 aromatic carbocycles. The van der Waals surface area contributed by atoms with Crippen molar-refractivity contribution in [2.45, 2.75) is 64.7 Å². The fraction of sp³-hybridized carbons (Fsp3) is 0.769. The van der Waals surface area contributed by atoms with Crippen LogP contribution < -0.4 is 0 Å². The Kier molecular flexibility index (Phi) is 6.14. The Morgan fingerprint density at radius 1 is 1.20 bits per heavy atom. The summed E-state index contributed by atoms with van der Waals surface area (Å²) in [5.41, 5.74) is 0. The first kappa shape index (κ1) is 12.3. The zero-order valence-electron chi connectivity index (χ0n) is 9.76. The summed E-state index contributed by atoms with van der Waals surface area (Å²) in [7, 11) is 0. The minimum Gasteiger partial charge on any atom is -0.431 e. The van der Waals surface area contributed by atoms with Crippen LogP contribution in [0.3, 0.4) is 0 Å². The van der Waals surface area contributed by atoms with Gasteiger partial charge in [-0.15, -0.1) is 0 Å². The minimum absolute atomic E-state index is 0.0988. The normalized spacial score (nSPS) is 19.1. The second-order valence-electron chi connectivity index (χ2n) is 4.16. The largest absolute Gasteiger partial charge is 0.431 e. The fourth-order valence-electron chi connectivity index (χ4n) is 1.83. The van der Waals surface area contributed by atoms with Crippen molar-refractivity contribution in [3.05, 3.63) is 11.8 Å². The summed E-state index contributed by atoms with van der Waals surface area (Å²) in [4.78, 5) is 11.2. The van der Waals surface area contributed by atoms with Crippen molar-refractivity contribution in [2.24, 2.45) is 0 Å². The second kappa shape index (κ2) is 7.49. The molecule has 0 saturated heterocycles. The van der Waals surface area contributed by atoms with Crippen molar-refractivity contribution >= 4 is 5.97 Å². The Labute approximate surface area is 92.7 Å². The average molecular weight is 210 g/mol. The first-order valence-electron chi connectivity index (χ1n) is 6.22. The van der Waals surface area contributed by atoms with Crippen molar-refractivity contribution < 1.29 is 9.53 Å². The number of hydrogen-bond acceptors (Lipinski definition) is 2. The molecule has 0 radical (unpaired) electrons. The molecule has 2 nitrogen and oxygen atoms in total. The number of hydrogen-bond donors (Lipinski definition) is 0. The Hall–Kier alpha value is -0.790. The second-order valence-corrected chi connectivity index (χ2v) is 4.16. The minimum atomic E-state index is -0.0988. The van der Waals surface area contributed by atoms with Gasteiger partial charge in [-0.25, -0.2) is 0 Å². The van der Waals surface area contributed by atoms with Crippen LogP contribution in [0, 0.1) is 0 Å². The van der Waals surface area contributed by atoms with Crippen molar-refractivity contribution in [3.63, 3.8) is 0 Å². The van der Waals surface area contributed by atoms with Crippen LogP contribution in [-0.4, -0.2) is 5.97 Å². The zero-order chi connectivity index (χ0) is 10.9. The molecule has 15 heavy (non-hydrogen) atoms. The number of carbonyl (C=O) groups excluding carboxylic acids is 1. The van der Waals surface area contributed by atoms with Gasteiger partial charge in [0, 0.05) is 12.8 Å². The molecule has 1 aliphatic rings. The van der Waals surface area contributed by atoms with E-state index in [1.165, 1.54) is 32.1 Å². The number of carbonyl (C=O) groups is 1. The molecule has 86 valence electrons. The molecular formula is C13H22O2. The lowest BCUT2D eigenvalue weighted by Crippen LogP contribution is -2.03. The van der Waals surface area contributed by atoms with Gasteiger partial charge in [0.2, 0.25) is 0 Å². The van der Waals surface area contributed by atoms with E-state index >= 15 is 0 Å². The van der Waals surface area contributed by atoms with E-state index in [0.717, 1.165) is 25.0 Å². The SMILES string of the molecule is CCC(=O)OC1=CCCCCCCCC1. The lowest BCUT2D eigenvalue weighted by Gasteiger charge is -2.10. The molecule has 1 rings (SSSR count). The summed E-state index contributed by atoms with van der Waals surface area (Å²) in [6.45, 7) is 1.84. The molecule has 0 aromatic rings. The fourth-order valence-corrected chi connectivity index (χ4v) is 1.83. The number of rotatable bonds is 2. The monoisotopic (exact) mass is 210 g/mol. The van der Waals surface area contributed by atoms with Crippen LogP contribution in [0.5, 0.6) is 0 Å². The molecule has 0 spiro atoms. The summed E-state index contributed by atoms with van der Waals surface area (Å²) in [5.74, 6) is 0.807. The van der Waals surface area contributed by atoms with Gasteiger partial charge in [-0.1, -0.05) is 32.6 Å². The highest BCUT2D eigenvalue weighted by Crippen LogP contribution is 2.17. The third kappa shape index (κ3) is 5.60. The Morgan fingerprint density at radius 2 is 1.87 bits per heavy atom. The molecule has 0 aliphatic heterocycles. The first-order chi connectivity index (χ1) is 7.33. The maximum atomic E-state index is 11.2. The highest BCUT2D eigenvalue weighted by Gasteiger charge is 2.05. The van der Waals surface area contributed by atoms with E-state index < -0.39 is 0 Å².